The van der Waals surface area contributed by atoms with Crippen molar-refractivity contribution in [3.8, 4) is 5.75 Å². The number of aromatic hydroxyl groups is 1. The van der Waals surface area contributed by atoms with Gasteiger partial charge in [-0.2, -0.15) is 5.10 Å². The van der Waals surface area contributed by atoms with Crippen molar-refractivity contribution in [1.82, 2.24) is 5.43 Å². The normalized spacial score (nSPS) is 10.8. The monoisotopic (exact) mass is 410 g/mol. The van der Waals surface area contributed by atoms with Gasteiger partial charge in [0.1, 0.15) is 5.75 Å². The molecule has 0 aliphatic heterocycles. The topological polar surface area (TPSA) is 61.7 Å². The number of hydrogen-bond donors (Lipinski definition) is 2. The lowest BCUT2D eigenvalue weighted by atomic mass is 10.1. The second-order valence-electron chi connectivity index (χ2n) is 4.42. The average Bonchev–Trinajstić information content (AvgIpc) is 2.41. The number of benzene rings is 2. The molecular formula is C15H12Br2N2O2. The molecule has 6 heteroatoms. The Morgan fingerprint density at radius 1 is 1.19 bits per heavy atom. The minimum atomic E-state index is -0.333. The van der Waals surface area contributed by atoms with E-state index in [1.807, 2.05) is 13.0 Å². The number of phenols is 1. The summed E-state index contributed by atoms with van der Waals surface area (Å²) >= 11 is 6.64. The molecule has 2 aromatic carbocycles. The van der Waals surface area contributed by atoms with Crippen molar-refractivity contribution in [3.63, 3.8) is 0 Å². The van der Waals surface area contributed by atoms with E-state index in [4.69, 9.17) is 0 Å². The summed E-state index contributed by atoms with van der Waals surface area (Å²) < 4.78 is 1.59. The maximum atomic E-state index is 12.0. The van der Waals surface area contributed by atoms with E-state index in [2.05, 4.69) is 42.4 Å². The van der Waals surface area contributed by atoms with Gasteiger partial charge in [-0.05, 0) is 37.3 Å². The third-order valence-electron chi connectivity index (χ3n) is 2.68. The summed E-state index contributed by atoms with van der Waals surface area (Å²) in [4.78, 5) is 12.0. The van der Waals surface area contributed by atoms with Crippen LogP contribution in [0, 0.1) is 6.92 Å². The summed E-state index contributed by atoms with van der Waals surface area (Å²) in [6.45, 7) is 1.91. The number of nitrogens with one attached hydrogen (secondary N) is 1. The first-order valence-electron chi connectivity index (χ1n) is 6.05. The van der Waals surface area contributed by atoms with E-state index in [0.717, 1.165) is 14.5 Å². The summed E-state index contributed by atoms with van der Waals surface area (Å²) in [7, 11) is 0. The second-order valence-corrected chi connectivity index (χ2v) is 6.25. The highest BCUT2D eigenvalue weighted by Crippen LogP contribution is 2.20. The molecule has 0 saturated carbocycles. The Balaban J connectivity index is 2.10. The first-order chi connectivity index (χ1) is 9.95. The van der Waals surface area contributed by atoms with Crippen LogP contribution >= 0.6 is 31.9 Å². The van der Waals surface area contributed by atoms with Crippen LogP contribution in [0.3, 0.4) is 0 Å². The Labute approximate surface area is 139 Å². The molecule has 0 aliphatic carbocycles. The second kappa shape index (κ2) is 6.87. The fourth-order valence-corrected chi connectivity index (χ4v) is 2.98. The van der Waals surface area contributed by atoms with Crippen molar-refractivity contribution in [3.05, 3.63) is 62.0 Å². The zero-order valence-corrected chi connectivity index (χ0v) is 14.3. The van der Waals surface area contributed by atoms with Crippen LogP contribution in [0.15, 0.2) is 50.4 Å². The van der Waals surface area contributed by atoms with Crippen LogP contribution in [0.1, 0.15) is 21.5 Å². The standard InChI is InChI=1S/C15H12Br2N2O2/c1-9-2-3-14(20)11(4-9)8-18-19-15(21)10-5-12(16)7-13(17)6-10/h2-8,20H,1H3,(H,19,21)/b18-8+. The molecular weight excluding hydrogens is 400 g/mol. The highest BCUT2D eigenvalue weighted by atomic mass is 79.9. The molecule has 0 saturated heterocycles. The SMILES string of the molecule is Cc1ccc(O)c(/C=N/NC(=O)c2cc(Br)cc(Br)c2)c1. The number of rotatable bonds is 3. The smallest absolute Gasteiger partial charge is 0.271 e. The summed E-state index contributed by atoms with van der Waals surface area (Å²) in [6, 6.07) is 10.4. The number of phenolic OH excluding ortho intramolecular Hbond substituents is 1. The number of aryl methyl sites for hydroxylation is 1. The van der Waals surface area contributed by atoms with Crippen LogP contribution in [-0.2, 0) is 0 Å². The highest BCUT2D eigenvalue weighted by molar-refractivity contribution is 9.11. The quantitative estimate of drug-likeness (QED) is 0.592. The third kappa shape index (κ3) is 4.41. The van der Waals surface area contributed by atoms with E-state index in [-0.39, 0.29) is 11.7 Å². The van der Waals surface area contributed by atoms with Crippen LogP contribution in [0.2, 0.25) is 0 Å². The lowest BCUT2D eigenvalue weighted by molar-refractivity contribution is 0.0955. The van der Waals surface area contributed by atoms with Gasteiger partial charge in [-0.3, -0.25) is 4.79 Å². The first kappa shape index (κ1) is 15.7. The molecule has 0 fully saturated rings. The van der Waals surface area contributed by atoms with Crippen molar-refractivity contribution in [2.45, 2.75) is 6.92 Å². The summed E-state index contributed by atoms with van der Waals surface area (Å²) in [5.74, 6) is -0.218. The van der Waals surface area contributed by atoms with Crippen molar-refractivity contribution < 1.29 is 9.90 Å². The highest BCUT2D eigenvalue weighted by Gasteiger charge is 2.06. The number of hydrazone groups is 1. The van der Waals surface area contributed by atoms with Gasteiger partial charge in [0.2, 0.25) is 0 Å². The molecule has 1 amide bonds. The van der Waals surface area contributed by atoms with E-state index in [1.54, 1.807) is 30.3 Å². The first-order valence-corrected chi connectivity index (χ1v) is 7.63. The maximum Gasteiger partial charge on any atom is 0.271 e. The van der Waals surface area contributed by atoms with Gasteiger partial charge in [-0.1, -0.05) is 43.5 Å². The van der Waals surface area contributed by atoms with E-state index < -0.39 is 0 Å². The van der Waals surface area contributed by atoms with Crippen molar-refractivity contribution in [2.75, 3.05) is 0 Å². The molecule has 21 heavy (non-hydrogen) atoms. The Morgan fingerprint density at radius 2 is 1.86 bits per heavy atom. The number of carbonyl (C=O) groups is 1. The molecule has 0 unspecified atom stereocenters. The van der Waals surface area contributed by atoms with E-state index in [9.17, 15) is 9.90 Å². The Morgan fingerprint density at radius 3 is 2.52 bits per heavy atom. The summed E-state index contributed by atoms with van der Waals surface area (Å²) in [5, 5.41) is 13.5. The average molecular weight is 412 g/mol. The minimum absolute atomic E-state index is 0.115. The lowest BCUT2D eigenvalue weighted by Gasteiger charge is -2.03. The minimum Gasteiger partial charge on any atom is -0.507 e. The van der Waals surface area contributed by atoms with Crippen LogP contribution in [0.25, 0.3) is 0 Å². The van der Waals surface area contributed by atoms with Crippen LogP contribution in [0.5, 0.6) is 5.75 Å². The molecule has 2 N–H and O–H groups in total. The number of hydrogen-bond acceptors (Lipinski definition) is 3. The third-order valence-corrected chi connectivity index (χ3v) is 3.59. The zero-order valence-electron chi connectivity index (χ0n) is 11.1. The van der Waals surface area contributed by atoms with Gasteiger partial charge < -0.3 is 5.11 Å². The molecule has 0 aliphatic rings. The molecule has 0 aromatic heterocycles. The van der Waals surface area contributed by atoms with E-state index in [1.165, 1.54) is 6.21 Å². The van der Waals surface area contributed by atoms with Gasteiger partial charge >= 0.3 is 0 Å². The van der Waals surface area contributed by atoms with Gasteiger partial charge in [0.05, 0.1) is 6.21 Å². The largest absolute Gasteiger partial charge is 0.507 e. The number of carbonyl (C=O) groups excluding carboxylic acids is 1. The van der Waals surface area contributed by atoms with Gasteiger partial charge in [0.15, 0.2) is 0 Å². The molecule has 0 radical (unpaired) electrons. The van der Waals surface area contributed by atoms with Crippen molar-refractivity contribution in [1.29, 1.82) is 0 Å². The molecule has 4 nitrogen and oxygen atoms in total. The van der Waals surface area contributed by atoms with Crippen molar-refractivity contribution >= 4 is 44.0 Å². The number of halogens is 2. The van der Waals surface area contributed by atoms with Crippen LogP contribution in [0.4, 0.5) is 0 Å². The number of nitrogens with zero attached hydrogens (tertiary/aromatic N) is 1. The molecule has 2 aromatic rings. The van der Waals surface area contributed by atoms with Gasteiger partial charge in [0.25, 0.3) is 5.91 Å². The summed E-state index contributed by atoms with van der Waals surface area (Å²) in [5.41, 5.74) is 4.44. The van der Waals surface area contributed by atoms with Crippen LogP contribution in [-0.4, -0.2) is 17.2 Å². The van der Waals surface area contributed by atoms with Gasteiger partial charge in [0, 0.05) is 20.1 Å². The molecule has 0 spiro atoms. The molecule has 108 valence electrons. The fraction of sp³-hybridized carbons (Fsp3) is 0.0667. The van der Waals surface area contributed by atoms with Crippen molar-refractivity contribution in [2.24, 2.45) is 5.10 Å². The Kier molecular flexibility index (Phi) is 5.14. The molecule has 0 atom stereocenters. The fourth-order valence-electron chi connectivity index (χ4n) is 1.69. The Bertz CT molecular complexity index is 695. The van der Waals surface area contributed by atoms with Gasteiger partial charge in [-0.15, -0.1) is 0 Å². The van der Waals surface area contributed by atoms with E-state index >= 15 is 0 Å². The van der Waals surface area contributed by atoms with E-state index in [0.29, 0.717) is 11.1 Å². The number of amides is 1. The Hall–Kier alpha value is -1.66. The summed E-state index contributed by atoms with van der Waals surface area (Å²) in [6.07, 6.45) is 1.41. The van der Waals surface area contributed by atoms with Crippen LogP contribution < -0.4 is 5.43 Å². The zero-order chi connectivity index (χ0) is 15.4. The molecule has 2 rings (SSSR count). The molecule has 0 bridgehead atoms. The maximum absolute atomic E-state index is 12.0. The van der Waals surface area contributed by atoms with Gasteiger partial charge in [-0.25, -0.2) is 5.43 Å². The predicted octanol–water partition coefficient (Wildman–Crippen LogP) is 3.99. The lowest BCUT2D eigenvalue weighted by Crippen LogP contribution is -2.17. The predicted molar refractivity (Wildman–Crippen MR) is 89.7 cm³/mol. The molecule has 0 heterocycles.